The molecule has 0 aliphatic carbocycles. The Labute approximate surface area is 187 Å². The second kappa shape index (κ2) is 8.71. The van der Waals surface area contributed by atoms with Crippen molar-refractivity contribution in [3.8, 4) is 0 Å². The third-order valence-electron chi connectivity index (χ3n) is 5.47. The highest BCUT2D eigenvalue weighted by Crippen LogP contribution is 2.30. The fraction of sp³-hybridized carbons (Fsp3) is 0.318. The summed E-state index contributed by atoms with van der Waals surface area (Å²) in [5.74, 6) is -1.11. The lowest BCUT2D eigenvalue weighted by Crippen LogP contribution is -2.43. The number of urea groups is 1. The molecule has 1 fully saturated rings. The van der Waals surface area contributed by atoms with Gasteiger partial charge in [-0.1, -0.05) is 42.5 Å². The normalized spacial score (nSPS) is 18.7. The number of sulfonamides is 1. The van der Waals surface area contributed by atoms with Gasteiger partial charge in [0, 0.05) is 20.6 Å². The molecule has 2 N–H and O–H groups in total. The number of carbonyl (C=O) groups excluding carboxylic acids is 3. The molecule has 10 heteroatoms. The third kappa shape index (κ3) is 4.23. The van der Waals surface area contributed by atoms with E-state index < -0.39 is 40.0 Å². The summed E-state index contributed by atoms with van der Waals surface area (Å²) in [7, 11) is -0.843. The number of hydrogen-bond acceptors (Lipinski definition) is 5. The molecule has 32 heavy (non-hydrogen) atoms. The van der Waals surface area contributed by atoms with Gasteiger partial charge in [0.25, 0.3) is 5.91 Å². The van der Waals surface area contributed by atoms with Gasteiger partial charge in [-0.2, -0.15) is 0 Å². The van der Waals surface area contributed by atoms with Crippen LogP contribution in [0.5, 0.6) is 0 Å². The Bertz CT molecular complexity index is 1180. The smallest absolute Gasteiger partial charge is 0.325 e. The Morgan fingerprint density at radius 1 is 1.09 bits per heavy atom. The van der Waals surface area contributed by atoms with Crippen molar-refractivity contribution < 1.29 is 22.8 Å². The summed E-state index contributed by atoms with van der Waals surface area (Å²) in [5.41, 5.74) is 0.629. The Balaban J connectivity index is 1.73. The molecular weight excluding hydrogens is 432 g/mol. The molecule has 2 aromatic rings. The molecule has 2 aromatic carbocycles. The van der Waals surface area contributed by atoms with Gasteiger partial charge in [-0.25, -0.2) is 17.5 Å². The molecule has 0 bridgehead atoms. The molecule has 4 amide bonds. The first-order chi connectivity index (χ1) is 15.0. The van der Waals surface area contributed by atoms with Gasteiger partial charge in [-0.3, -0.25) is 14.5 Å². The summed E-state index contributed by atoms with van der Waals surface area (Å²) in [6.45, 7) is 2.90. The predicted octanol–water partition coefficient (Wildman–Crippen LogP) is 1.33. The largest absolute Gasteiger partial charge is 0.350 e. The van der Waals surface area contributed by atoms with Crippen LogP contribution in [0.1, 0.15) is 23.6 Å². The van der Waals surface area contributed by atoms with Gasteiger partial charge in [-0.15, -0.1) is 0 Å². The molecule has 1 atom stereocenters. The Hall–Kier alpha value is -3.24. The standard InChI is InChI=1S/C22H26N4O5S/c1-15-9-5-7-11-17(15)22(2)20(28)26(21(29)24-22)14-19(27)23-13-16-10-6-8-12-18(16)32(30,31)25(3)4/h5-12H,13-14H2,1-4H3,(H,23,27)(H,24,29). The summed E-state index contributed by atoms with van der Waals surface area (Å²) >= 11 is 0. The molecule has 0 saturated carbocycles. The molecule has 1 saturated heterocycles. The number of imide groups is 1. The van der Waals surface area contributed by atoms with Gasteiger partial charge < -0.3 is 10.6 Å². The van der Waals surface area contributed by atoms with E-state index in [1.807, 2.05) is 19.1 Å². The molecule has 170 valence electrons. The number of benzene rings is 2. The van der Waals surface area contributed by atoms with E-state index >= 15 is 0 Å². The van der Waals surface area contributed by atoms with E-state index in [-0.39, 0.29) is 11.4 Å². The Morgan fingerprint density at radius 2 is 1.72 bits per heavy atom. The van der Waals surface area contributed by atoms with Crippen LogP contribution in [0.25, 0.3) is 0 Å². The molecular formula is C22H26N4O5S. The maximum atomic E-state index is 13.0. The minimum absolute atomic E-state index is 0.0687. The molecule has 9 nitrogen and oxygen atoms in total. The second-order valence-electron chi connectivity index (χ2n) is 7.93. The SMILES string of the molecule is Cc1ccccc1C1(C)NC(=O)N(CC(=O)NCc2ccccc2S(=O)(=O)N(C)C)C1=O. The highest BCUT2D eigenvalue weighted by atomic mass is 32.2. The quantitative estimate of drug-likeness (QED) is 0.608. The van der Waals surface area contributed by atoms with Crippen LogP contribution in [0.15, 0.2) is 53.4 Å². The maximum Gasteiger partial charge on any atom is 0.325 e. The zero-order valence-electron chi connectivity index (χ0n) is 18.4. The van der Waals surface area contributed by atoms with Crippen molar-refractivity contribution in [2.75, 3.05) is 20.6 Å². The number of nitrogens with zero attached hydrogens (tertiary/aromatic N) is 2. The van der Waals surface area contributed by atoms with Crippen LogP contribution in [-0.4, -0.2) is 56.1 Å². The monoisotopic (exact) mass is 458 g/mol. The minimum Gasteiger partial charge on any atom is -0.350 e. The molecule has 0 aromatic heterocycles. The van der Waals surface area contributed by atoms with Crippen LogP contribution < -0.4 is 10.6 Å². The lowest BCUT2D eigenvalue weighted by molar-refractivity contribution is -0.134. The van der Waals surface area contributed by atoms with Gasteiger partial charge in [0.2, 0.25) is 15.9 Å². The summed E-state index contributed by atoms with van der Waals surface area (Å²) in [4.78, 5) is 39.0. The molecule has 3 rings (SSSR count). The Kier molecular flexibility index (Phi) is 6.38. The molecule has 1 aliphatic heterocycles. The van der Waals surface area contributed by atoms with E-state index in [0.717, 1.165) is 14.8 Å². The van der Waals surface area contributed by atoms with Gasteiger partial charge in [0.15, 0.2) is 0 Å². The number of aryl methyl sites for hydroxylation is 1. The Morgan fingerprint density at radius 3 is 2.38 bits per heavy atom. The number of hydrogen-bond donors (Lipinski definition) is 2. The van der Waals surface area contributed by atoms with Crippen molar-refractivity contribution in [3.05, 3.63) is 65.2 Å². The van der Waals surface area contributed by atoms with Crippen molar-refractivity contribution in [2.24, 2.45) is 0 Å². The van der Waals surface area contributed by atoms with Crippen molar-refractivity contribution in [1.29, 1.82) is 0 Å². The molecule has 0 radical (unpaired) electrons. The van der Waals surface area contributed by atoms with Crippen LogP contribution in [0.2, 0.25) is 0 Å². The molecule has 0 spiro atoms. The van der Waals surface area contributed by atoms with Gasteiger partial charge in [-0.05, 0) is 36.6 Å². The summed E-state index contributed by atoms with van der Waals surface area (Å²) in [5, 5.41) is 5.28. The third-order valence-corrected chi connectivity index (χ3v) is 7.38. The van der Waals surface area contributed by atoms with Crippen molar-refractivity contribution in [2.45, 2.75) is 30.8 Å². The van der Waals surface area contributed by atoms with Gasteiger partial charge in [0.05, 0.1) is 4.90 Å². The fourth-order valence-electron chi connectivity index (χ4n) is 3.65. The fourth-order valence-corrected chi connectivity index (χ4v) is 4.76. The van der Waals surface area contributed by atoms with Crippen LogP contribution in [0.3, 0.4) is 0 Å². The van der Waals surface area contributed by atoms with Crippen molar-refractivity contribution in [3.63, 3.8) is 0 Å². The maximum absolute atomic E-state index is 13.0. The van der Waals surface area contributed by atoms with E-state index in [1.54, 1.807) is 37.3 Å². The summed E-state index contributed by atoms with van der Waals surface area (Å²) in [6, 6.07) is 12.9. The van der Waals surface area contributed by atoms with E-state index in [2.05, 4.69) is 10.6 Å². The highest BCUT2D eigenvalue weighted by Gasteiger charge is 2.50. The average Bonchev–Trinajstić information content (AvgIpc) is 2.96. The topological polar surface area (TPSA) is 116 Å². The first kappa shape index (κ1) is 23.4. The zero-order chi connectivity index (χ0) is 23.7. The summed E-state index contributed by atoms with van der Waals surface area (Å²) < 4.78 is 26.1. The van der Waals surface area contributed by atoms with Gasteiger partial charge in [0.1, 0.15) is 12.1 Å². The van der Waals surface area contributed by atoms with Crippen molar-refractivity contribution >= 4 is 27.9 Å². The van der Waals surface area contributed by atoms with Crippen molar-refractivity contribution in [1.82, 2.24) is 19.8 Å². The van der Waals surface area contributed by atoms with E-state index in [0.29, 0.717) is 11.1 Å². The van der Waals surface area contributed by atoms with E-state index in [9.17, 15) is 22.8 Å². The lowest BCUT2D eigenvalue weighted by Gasteiger charge is -2.24. The van der Waals surface area contributed by atoms with E-state index in [1.165, 1.54) is 20.2 Å². The number of carbonyl (C=O) groups is 3. The number of rotatable bonds is 7. The lowest BCUT2D eigenvalue weighted by atomic mass is 9.88. The highest BCUT2D eigenvalue weighted by molar-refractivity contribution is 7.89. The average molecular weight is 459 g/mol. The first-order valence-electron chi connectivity index (χ1n) is 9.96. The van der Waals surface area contributed by atoms with Crippen LogP contribution in [0, 0.1) is 6.92 Å². The van der Waals surface area contributed by atoms with Crippen LogP contribution in [-0.2, 0) is 31.7 Å². The first-order valence-corrected chi connectivity index (χ1v) is 11.4. The number of amides is 4. The number of nitrogens with one attached hydrogen (secondary N) is 2. The van der Waals surface area contributed by atoms with Crippen LogP contribution >= 0.6 is 0 Å². The second-order valence-corrected chi connectivity index (χ2v) is 10.1. The summed E-state index contributed by atoms with van der Waals surface area (Å²) in [6.07, 6.45) is 0. The van der Waals surface area contributed by atoms with Crippen LogP contribution in [0.4, 0.5) is 4.79 Å². The molecule has 1 aliphatic rings. The van der Waals surface area contributed by atoms with Gasteiger partial charge >= 0.3 is 6.03 Å². The predicted molar refractivity (Wildman–Crippen MR) is 118 cm³/mol. The molecule has 1 heterocycles. The zero-order valence-corrected chi connectivity index (χ0v) is 19.2. The molecule has 1 unspecified atom stereocenters. The minimum atomic E-state index is -3.69. The van der Waals surface area contributed by atoms with E-state index in [4.69, 9.17) is 0 Å².